The molecule has 0 spiro atoms. The molecule has 0 bridgehead atoms. The lowest BCUT2D eigenvalue weighted by atomic mass is 9.44. The molecule has 6 heteroatoms. The molecule has 3 N–H and O–H groups in total. The first kappa shape index (κ1) is 24.0. The van der Waals surface area contributed by atoms with Crippen LogP contribution in [0.15, 0.2) is 0 Å². The SMILES string of the molecule is C[C@H](CCCC(=O)O)[C@H]1CC[C@H]2[C@@H]3[C@@H](O)C[C@@H]4CN(C(=O)CO)CC[C@]4(C)[C@H]3CC[C@]12C. The highest BCUT2D eigenvalue weighted by Gasteiger charge is 2.63. The van der Waals surface area contributed by atoms with Crippen molar-refractivity contribution < 1.29 is 24.9 Å². The number of piperidine rings is 1. The molecule has 3 saturated carbocycles. The fourth-order valence-corrected chi connectivity index (χ4v) is 9.01. The Morgan fingerprint density at radius 1 is 1.09 bits per heavy atom. The Morgan fingerprint density at radius 2 is 1.81 bits per heavy atom. The monoisotopic (exact) mass is 449 g/mol. The highest BCUT2D eigenvalue weighted by Crippen LogP contribution is 2.67. The third-order valence-electron chi connectivity index (χ3n) is 10.7. The molecule has 182 valence electrons. The van der Waals surface area contributed by atoms with E-state index < -0.39 is 12.6 Å². The number of hydrogen-bond acceptors (Lipinski definition) is 4. The van der Waals surface area contributed by atoms with Gasteiger partial charge in [0.05, 0.1) is 6.10 Å². The van der Waals surface area contributed by atoms with E-state index in [1.807, 2.05) is 0 Å². The number of carboxylic acids is 1. The summed E-state index contributed by atoms with van der Waals surface area (Å²) >= 11 is 0. The van der Waals surface area contributed by atoms with E-state index in [2.05, 4.69) is 20.8 Å². The topological polar surface area (TPSA) is 98.1 Å². The summed E-state index contributed by atoms with van der Waals surface area (Å²) in [6.45, 7) is 8.14. The first-order chi connectivity index (χ1) is 15.1. The molecule has 6 nitrogen and oxygen atoms in total. The van der Waals surface area contributed by atoms with E-state index in [0.29, 0.717) is 42.1 Å². The van der Waals surface area contributed by atoms with Crippen LogP contribution in [0.1, 0.15) is 78.6 Å². The molecular weight excluding hydrogens is 406 g/mol. The smallest absolute Gasteiger partial charge is 0.303 e. The summed E-state index contributed by atoms with van der Waals surface area (Å²) in [7, 11) is 0. The molecule has 4 fully saturated rings. The summed E-state index contributed by atoms with van der Waals surface area (Å²) in [6, 6.07) is 0. The van der Waals surface area contributed by atoms with Crippen molar-refractivity contribution in [1.29, 1.82) is 0 Å². The Hall–Kier alpha value is -1.14. The van der Waals surface area contributed by atoms with Gasteiger partial charge in [-0.1, -0.05) is 20.8 Å². The van der Waals surface area contributed by atoms with E-state index in [1.54, 1.807) is 4.90 Å². The molecule has 9 atom stereocenters. The number of carboxylic acid groups (broad SMARTS) is 1. The van der Waals surface area contributed by atoms with Crippen LogP contribution in [0.25, 0.3) is 0 Å². The number of aliphatic hydroxyl groups excluding tert-OH is 2. The Balaban J connectivity index is 1.49. The lowest BCUT2D eigenvalue weighted by Crippen LogP contribution is -2.61. The van der Waals surface area contributed by atoms with Crippen LogP contribution in [0.5, 0.6) is 0 Å². The van der Waals surface area contributed by atoms with Crippen LogP contribution in [0.4, 0.5) is 0 Å². The number of aliphatic carboxylic acids is 1. The second kappa shape index (κ2) is 8.90. The van der Waals surface area contributed by atoms with Gasteiger partial charge >= 0.3 is 5.97 Å². The first-order valence-electron chi connectivity index (χ1n) is 12.9. The van der Waals surface area contributed by atoms with Gasteiger partial charge in [0.1, 0.15) is 6.61 Å². The van der Waals surface area contributed by atoms with Gasteiger partial charge in [0, 0.05) is 19.5 Å². The van der Waals surface area contributed by atoms with Crippen molar-refractivity contribution in [2.24, 2.45) is 46.3 Å². The molecule has 0 radical (unpaired) electrons. The number of aliphatic hydroxyl groups is 2. The van der Waals surface area contributed by atoms with Crippen molar-refractivity contribution in [3.8, 4) is 0 Å². The zero-order chi connectivity index (χ0) is 23.3. The maximum absolute atomic E-state index is 12.1. The van der Waals surface area contributed by atoms with Crippen molar-refractivity contribution in [2.75, 3.05) is 19.7 Å². The second-order valence-electron chi connectivity index (χ2n) is 12.0. The Bertz CT molecular complexity index is 727. The number of fused-ring (bicyclic) bond motifs is 5. The van der Waals surface area contributed by atoms with Crippen LogP contribution in [-0.2, 0) is 9.59 Å². The minimum absolute atomic E-state index is 0.155. The predicted molar refractivity (Wildman–Crippen MR) is 122 cm³/mol. The highest BCUT2D eigenvalue weighted by atomic mass is 16.4. The molecular formula is C26H43NO5. The maximum atomic E-state index is 12.1. The van der Waals surface area contributed by atoms with Crippen molar-refractivity contribution in [3.05, 3.63) is 0 Å². The van der Waals surface area contributed by atoms with Crippen molar-refractivity contribution in [3.63, 3.8) is 0 Å². The fourth-order valence-electron chi connectivity index (χ4n) is 9.01. The number of rotatable bonds is 6. The molecule has 4 aliphatic rings. The average Bonchev–Trinajstić information content (AvgIpc) is 3.10. The number of likely N-dealkylation sites (tertiary alicyclic amines) is 1. The second-order valence-corrected chi connectivity index (χ2v) is 12.0. The van der Waals surface area contributed by atoms with Crippen LogP contribution in [0, 0.1) is 46.3 Å². The average molecular weight is 450 g/mol. The fraction of sp³-hybridized carbons (Fsp3) is 0.923. The summed E-state index contributed by atoms with van der Waals surface area (Å²) in [5.41, 5.74) is 0.393. The van der Waals surface area contributed by atoms with Crippen LogP contribution in [-0.4, -0.2) is 57.9 Å². The molecule has 4 rings (SSSR count). The maximum Gasteiger partial charge on any atom is 0.303 e. The zero-order valence-electron chi connectivity index (χ0n) is 20.1. The van der Waals surface area contributed by atoms with Gasteiger partial charge in [-0.25, -0.2) is 0 Å². The molecule has 3 aliphatic carbocycles. The van der Waals surface area contributed by atoms with E-state index in [-0.39, 0.29) is 29.3 Å². The summed E-state index contributed by atoms with van der Waals surface area (Å²) in [5.74, 6) is 1.94. The minimum Gasteiger partial charge on any atom is -0.481 e. The van der Waals surface area contributed by atoms with Gasteiger partial charge in [-0.2, -0.15) is 0 Å². The molecule has 0 aromatic carbocycles. The molecule has 0 aromatic heterocycles. The Labute approximate surface area is 192 Å². The summed E-state index contributed by atoms with van der Waals surface area (Å²) < 4.78 is 0. The molecule has 1 heterocycles. The van der Waals surface area contributed by atoms with E-state index >= 15 is 0 Å². The third kappa shape index (κ3) is 3.89. The number of amides is 1. The van der Waals surface area contributed by atoms with Gasteiger partial charge in [-0.15, -0.1) is 0 Å². The van der Waals surface area contributed by atoms with Gasteiger partial charge in [0.2, 0.25) is 5.91 Å². The van der Waals surface area contributed by atoms with E-state index in [0.717, 1.165) is 38.6 Å². The number of carbonyl (C=O) groups excluding carboxylic acids is 1. The quantitative estimate of drug-likeness (QED) is 0.576. The molecule has 1 saturated heterocycles. The van der Waals surface area contributed by atoms with Crippen molar-refractivity contribution in [2.45, 2.75) is 84.7 Å². The zero-order valence-corrected chi connectivity index (χ0v) is 20.1. The van der Waals surface area contributed by atoms with Gasteiger partial charge in [0.25, 0.3) is 0 Å². The van der Waals surface area contributed by atoms with Gasteiger partial charge in [-0.3, -0.25) is 9.59 Å². The Kier molecular flexibility index (Phi) is 6.68. The summed E-state index contributed by atoms with van der Waals surface area (Å²) in [4.78, 5) is 24.8. The molecule has 0 aromatic rings. The van der Waals surface area contributed by atoms with E-state index in [1.165, 1.54) is 19.3 Å². The predicted octanol–water partition coefficient (Wildman–Crippen LogP) is 3.55. The van der Waals surface area contributed by atoms with Gasteiger partial charge in [-0.05, 0) is 97.7 Å². The largest absolute Gasteiger partial charge is 0.481 e. The van der Waals surface area contributed by atoms with Crippen molar-refractivity contribution >= 4 is 11.9 Å². The molecule has 1 amide bonds. The van der Waals surface area contributed by atoms with Crippen LogP contribution in [0.3, 0.4) is 0 Å². The number of carbonyl (C=O) groups is 2. The lowest BCUT2D eigenvalue weighted by Gasteiger charge is -2.63. The van der Waals surface area contributed by atoms with Crippen molar-refractivity contribution in [1.82, 2.24) is 4.90 Å². The van der Waals surface area contributed by atoms with E-state index in [9.17, 15) is 19.8 Å². The molecule has 0 unspecified atom stereocenters. The minimum atomic E-state index is -0.701. The normalized spacial score (nSPS) is 44.3. The standard InChI is InChI=1S/C26H43NO5/c1-16(5-4-6-23(31)32)18-7-8-19-24-20(9-10-26(18,19)3)25(2)11-12-27(22(30)15-28)14-17(25)13-21(24)29/h16-21,24,28-29H,4-15H2,1-3H3,(H,31,32)/t16-,17-,18-,19+,20+,21+,24+,25+,26-/m1/s1. The van der Waals surface area contributed by atoms with Crippen LogP contribution in [0.2, 0.25) is 0 Å². The molecule has 1 aliphatic heterocycles. The van der Waals surface area contributed by atoms with Crippen LogP contribution < -0.4 is 0 Å². The van der Waals surface area contributed by atoms with Crippen LogP contribution >= 0.6 is 0 Å². The highest BCUT2D eigenvalue weighted by molar-refractivity contribution is 5.77. The first-order valence-corrected chi connectivity index (χ1v) is 12.9. The number of hydrogen-bond donors (Lipinski definition) is 3. The number of nitrogens with zero attached hydrogens (tertiary/aromatic N) is 1. The Morgan fingerprint density at radius 3 is 2.50 bits per heavy atom. The lowest BCUT2D eigenvalue weighted by molar-refractivity contribution is -0.176. The summed E-state index contributed by atoms with van der Waals surface area (Å²) in [5, 5.41) is 29.7. The van der Waals surface area contributed by atoms with E-state index in [4.69, 9.17) is 5.11 Å². The van der Waals surface area contributed by atoms with Gasteiger partial charge in [0.15, 0.2) is 0 Å². The molecule has 32 heavy (non-hydrogen) atoms. The third-order valence-corrected chi connectivity index (χ3v) is 10.7. The van der Waals surface area contributed by atoms with Gasteiger partial charge < -0.3 is 20.2 Å². The summed E-state index contributed by atoms with van der Waals surface area (Å²) in [6.07, 6.45) is 8.13.